The van der Waals surface area contributed by atoms with Crippen molar-refractivity contribution in [1.82, 2.24) is 9.88 Å². The number of carboxylic acids is 1. The van der Waals surface area contributed by atoms with E-state index >= 15 is 0 Å². The van der Waals surface area contributed by atoms with Crippen molar-refractivity contribution in [2.45, 2.75) is 38.6 Å². The van der Waals surface area contributed by atoms with E-state index in [1.54, 1.807) is 0 Å². The summed E-state index contributed by atoms with van der Waals surface area (Å²) in [7, 11) is 0. The number of carboxylic acid groups (broad SMARTS) is 1. The van der Waals surface area contributed by atoms with E-state index in [9.17, 15) is 14.7 Å². The minimum Gasteiger partial charge on any atom is -0.480 e. The van der Waals surface area contributed by atoms with Gasteiger partial charge < -0.3 is 15.0 Å². The van der Waals surface area contributed by atoms with Gasteiger partial charge in [-0.15, -0.1) is 0 Å². The first-order chi connectivity index (χ1) is 10.6. The monoisotopic (exact) mass is 300 g/mol. The highest BCUT2D eigenvalue weighted by atomic mass is 16.4. The van der Waals surface area contributed by atoms with Crippen LogP contribution in [0.2, 0.25) is 0 Å². The van der Waals surface area contributed by atoms with Crippen LogP contribution in [0.3, 0.4) is 0 Å². The highest BCUT2D eigenvalue weighted by Gasteiger charge is 2.31. The number of aliphatic carboxylic acids is 1. The van der Waals surface area contributed by atoms with Gasteiger partial charge >= 0.3 is 5.97 Å². The summed E-state index contributed by atoms with van der Waals surface area (Å²) in [5.41, 5.74) is 3.10. The van der Waals surface area contributed by atoms with Crippen molar-refractivity contribution in [2.24, 2.45) is 0 Å². The van der Waals surface area contributed by atoms with E-state index in [0.717, 1.165) is 34.9 Å². The number of amides is 1. The third-order valence-corrected chi connectivity index (χ3v) is 4.37. The second kappa shape index (κ2) is 5.83. The first kappa shape index (κ1) is 14.6. The van der Waals surface area contributed by atoms with Crippen molar-refractivity contribution in [3.63, 3.8) is 0 Å². The summed E-state index contributed by atoms with van der Waals surface area (Å²) in [5.74, 6) is -1.00. The molecule has 0 aliphatic carbocycles. The molecule has 1 saturated heterocycles. The van der Waals surface area contributed by atoms with E-state index < -0.39 is 12.0 Å². The number of nitrogens with zero attached hydrogens (tertiary/aromatic N) is 1. The normalized spacial score (nSPS) is 18.6. The molecule has 0 saturated carbocycles. The molecule has 1 aliphatic heterocycles. The number of nitrogens with one attached hydrogen (secondary N) is 1. The van der Waals surface area contributed by atoms with Crippen molar-refractivity contribution in [3.05, 3.63) is 35.5 Å². The van der Waals surface area contributed by atoms with Crippen LogP contribution in [0.25, 0.3) is 10.9 Å². The van der Waals surface area contributed by atoms with E-state index in [4.69, 9.17) is 0 Å². The molecular weight excluding hydrogens is 280 g/mol. The predicted molar refractivity (Wildman–Crippen MR) is 83.7 cm³/mol. The number of carbonyl (C=O) groups is 2. The van der Waals surface area contributed by atoms with Gasteiger partial charge in [0.2, 0.25) is 5.91 Å². The third-order valence-electron chi connectivity index (χ3n) is 4.37. The highest BCUT2D eigenvalue weighted by molar-refractivity contribution is 5.91. The summed E-state index contributed by atoms with van der Waals surface area (Å²) < 4.78 is 0. The SMILES string of the molecule is Cc1ccc2c(CC(=O)N3CCCC[C@H]3C(=O)O)c[nH]c2c1. The van der Waals surface area contributed by atoms with Crippen LogP contribution in [0.4, 0.5) is 0 Å². The number of benzene rings is 1. The van der Waals surface area contributed by atoms with E-state index in [1.807, 2.05) is 31.3 Å². The van der Waals surface area contributed by atoms with Gasteiger partial charge in [0.25, 0.3) is 0 Å². The maximum Gasteiger partial charge on any atom is 0.326 e. The highest BCUT2D eigenvalue weighted by Crippen LogP contribution is 2.23. The lowest BCUT2D eigenvalue weighted by molar-refractivity contribution is -0.151. The number of rotatable bonds is 3. The molecule has 5 nitrogen and oxygen atoms in total. The van der Waals surface area contributed by atoms with E-state index in [-0.39, 0.29) is 12.3 Å². The van der Waals surface area contributed by atoms with Gasteiger partial charge in [0, 0.05) is 23.6 Å². The lowest BCUT2D eigenvalue weighted by Gasteiger charge is -2.33. The number of H-pyrrole nitrogens is 1. The maximum atomic E-state index is 12.5. The number of hydrogen-bond acceptors (Lipinski definition) is 2. The molecule has 116 valence electrons. The molecule has 3 rings (SSSR count). The molecule has 5 heteroatoms. The van der Waals surface area contributed by atoms with E-state index in [2.05, 4.69) is 4.98 Å². The Balaban J connectivity index is 1.81. The number of fused-ring (bicyclic) bond motifs is 1. The average molecular weight is 300 g/mol. The fourth-order valence-electron chi connectivity index (χ4n) is 3.20. The summed E-state index contributed by atoms with van der Waals surface area (Å²) in [5, 5.41) is 10.3. The Morgan fingerprint density at radius 2 is 2.18 bits per heavy atom. The van der Waals surface area contributed by atoms with Crippen molar-refractivity contribution < 1.29 is 14.7 Å². The number of aromatic amines is 1. The first-order valence-corrected chi connectivity index (χ1v) is 7.65. The van der Waals surface area contributed by atoms with Crippen molar-refractivity contribution in [3.8, 4) is 0 Å². The molecule has 0 unspecified atom stereocenters. The van der Waals surface area contributed by atoms with Gasteiger partial charge in [-0.2, -0.15) is 0 Å². The Morgan fingerprint density at radius 1 is 1.36 bits per heavy atom. The van der Waals surface area contributed by atoms with Crippen LogP contribution < -0.4 is 0 Å². The fraction of sp³-hybridized carbons (Fsp3) is 0.412. The topological polar surface area (TPSA) is 73.4 Å². The molecule has 1 fully saturated rings. The van der Waals surface area contributed by atoms with Crippen molar-refractivity contribution >= 4 is 22.8 Å². The zero-order valence-electron chi connectivity index (χ0n) is 12.6. The average Bonchev–Trinajstić information content (AvgIpc) is 2.89. The van der Waals surface area contributed by atoms with Crippen LogP contribution >= 0.6 is 0 Å². The zero-order valence-corrected chi connectivity index (χ0v) is 12.6. The second-order valence-corrected chi connectivity index (χ2v) is 5.98. The molecule has 0 radical (unpaired) electrons. The van der Waals surface area contributed by atoms with Crippen LogP contribution in [-0.4, -0.2) is 39.5 Å². The van der Waals surface area contributed by atoms with Gasteiger partial charge in [0.05, 0.1) is 6.42 Å². The summed E-state index contributed by atoms with van der Waals surface area (Å²) in [6.07, 6.45) is 4.39. The number of carbonyl (C=O) groups excluding carboxylic acids is 1. The summed E-state index contributed by atoms with van der Waals surface area (Å²) >= 11 is 0. The minimum absolute atomic E-state index is 0.103. The van der Waals surface area contributed by atoms with Crippen LogP contribution in [0, 0.1) is 6.92 Å². The third kappa shape index (κ3) is 2.71. The summed E-state index contributed by atoms with van der Waals surface area (Å²) in [6.45, 7) is 2.56. The Labute approximate surface area is 128 Å². The molecule has 2 N–H and O–H groups in total. The number of aryl methyl sites for hydroxylation is 1. The van der Waals surface area contributed by atoms with Crippen LogP contribution in [0.15, 0.2) is 24.4 Å². The van der Waals surface area contributed by atoms with Crippen molar-refractivity contribution in [2.75, 3.05) is 6.54 Å². The zero-order chi connectivity index (χ0) is 15.7. The smallest absolute Gasteiger partial charge is 0.326 e. The Morgan fingerprint density at radius 3 is 2.95 bits per heavy atom. The molecule has 2 aromatic rings. The summed E-state index contributed by atoms with van der Waals surface area (Å²) in [4.78, 5) is 28.6. The molecule has 0 spiro atoms. The second-order valence-electron chi connectivity index (χ2n) is 5.98. The van der Waals surface area contributed by atoms with Crippen LogP contribution in [-0.2, 0) is 16.0 Å². The first-order valence-electron chi connectivity index (χ1n) is 7.65. The molecule has 1 aromatic carbocycles. The van der Waals surface area contributed by atoms with Gasteiger partial charge in [0.1, 0.15) is 6.04 Å². The Bertz CT molecular complexity index is 720. The van der Waals surface area contributed by atoms with Gasteiger partial charge in [-0.05, 0) is 43.4 Å². The molecule has 0 bridgehead atoms. The number of hydrogen-bond donors (Lipinski definition) is 2. The maximum absolute atomic E-state index is 12.5. The Kier molecular flexibility index (Phi) is 3.88. The minimum atomic E-state index is -0.900. The Hall–Kier alpha value is -2.30. The van der Waals surface area contributed by atoms with Gasteiger partial charge in [-0.1, -0.05) is 12.1 Å². The number of likely N-dealkylation sites (tertiary alicyclic amines) is 1. The number of piperidine rings is 1. The van der Waals surface area contributed by atoms with E-state index in [0.29, 0.717) is 13.0 Å². The molecule has 22 heavy (non-hydrogen) atoms. The molecule has 1 amide bonds. The summed E-state index contributed by atoms with van der Waals surface area (Å²) in [6, 6.07) is 5.40. The predicted octanol–water partition coefficient (Wildman–Crippen LogP) is 2.48. The lowest BCUT2D eigenvalue weighted by Crippen LogP contribution is -2.48. The van der Waals surface area contributed by atoms with Gasteiger partial charge in [-0.3, -0.25) is 4.79 Å². The van der Waals surface area contributed by atoms with Gasteiger partial charge in [0.15, 0.2) is 0 Å². The fourth-order valence-corrected chi connectivity index (χ4v) is 3.20. The van der Waals surface area contributed by atoms with Gasteiger partial charge in [-0.25, -0.2) is 4.79 Å². The van der Waals surface area contributed by atoms with Crippen molar-refractivity contribution in [1.29, 1.82) is 0 Å². The molecule has 1 aromatic heterocycles. The van der Waals surface area contributed by atoms with Crippen LogP contribution in [0.5, 0.6) is 0 Å². The largest absolute Gasteiger partial charge is 0.480 e. The van der Waals surface area contributed by atoms with E-state index in [1.165, 1.54) is 4.90 Å². The molecule has 1 aliphatic rings. The lowest BCUT2D eigenvalue weighted by atomic mass is 10.0. The molecule has 1 atom stereocenters. The van der Waals surface area contributed by atoms with Crippen LogP contribution in [0.1, 0.15) is 30.4 Å². The number of aromatic nitrogens is 1. The molecular formula is C17H20N2O3. The standard InChI is InChI=1S/C17H20N2O3/c1-11-5-6-13-12(10-18-14(13)8-11)9-16(20)19-7-3-2-4-15(19)17(21)22/h5-6,8,10,15,18H,2-4,7,9H2,1H3,(H,21,22)/t15-/m0/s1. The quantitative estimate of drug-likeness (QED) is 0.914. The molecule has 2 heterocycles.